The summed E-state index contributed by atoms with van der Waals surface area (Å²) in [6, 6.07) is 0. The van der Waals surface area contributed by atoms with Crippen LogP contribution in [0.3, 0.4) is 0 Å². The van der Waals surface area contributed by atoms with Gasteiger partial charge >= 0.3 is 5.69 Å². The molecule has 7 heteroatoms. The Morgan fingerprint density at radius 1 is 1.14 bits per heavy atom. The van der Waals surface area contributed by atoms with E-state index < -0.39 is 0 Å². The summed E-state index contributed by atoms with van der Waals surface area (Å²) in [7, 11) is 1.67. The van der Waals surface area contributed by atoms with Crippen molar-refractivity contribution in [3.05, 3.63) is 26.7 Å². The van der Waals surface area contributed by atoms with Gasteiger partial charge in [-0.2, -0.15) is 0 Å². The average molecular weight is 307 g/mol. The van der Waals surface area contributed by atoms with Crippen molar-refractivity contribution in [1.82, 2.24) is 18.7 Å². The predicted molar refractivity (Wildman–Crippen MR) is 87.2 cm³/mol. The van der Waals surface area contributed by atoms with Crippen LogP contribution in [-0.2, 0) is 26.6 Å². The molecule has 0 bridgehead atoms. The Bertz CT molecular complexity index is 769. The van der Waals surface area contributed by atoms with Crippen LogP contribution in [0.2, 0.25) is 0 Å². The fraction of sp³-hybridized carbons (Fsp3) is 0.667. The van der Waals surface area contributed by atoms with Gasteiger partial charge in [0, 0.05) is 26.6 Å². The van der Waals surface area contributed by atoms with E-state index in [4.69, 9.17) is 5.73 Å². The van der Waals surface area contributed by atoms with E-state index in [0.717, 1.165) is 31.5 Å². The number of unbranched alkanes of at least 4 members (excludes halogenated alkanes) is 1. The fourth-order valence-corrected chi connectivity index (χ4v) is 2.78. The maximum atomic E-state index is 12.8. The van der Waals surface area contributed by atoms with E-state index >= 15 is 0 Å². The number of imidazole rings is 1. The molecule has 2 N–H and O–H groups in total. The Morgan fingerprint density at radius 2 is 1.86 bits per heavy atom. The molecule has 0 aliphatic heterocycles. The molecule has 2 heterocycles. The Kier molecular flexibility index (Phi) is 5.18. The molecule has 122 valence electrons. The van der Waals surface area contributed by atoms with Gasteiger partial charge < -0.3 is 10.3 Å². The van der Waals surface area contributed by atoms with Crippen molar-refractivity contribution >= 4 is 11.2 Å². The molecule has 2 rings (SSSR count). The summed E-state index contributed by atoms with van der Waals surface area (Å²) < 4.78 is 4.71. The van der Waals surface area contributed by atoms with Gasteiger partial charge in [0.25, 0.3) is 5.56 Å². The van der Waals surface area contributed by atoms with Crippen molar-refractivity contribution in [3.8, 4) is 0 Å². The molecule has 0 saturated carbocycles. The molecule has 0 saturated heterocycles. The summed E-state index contributed by atoms with van der Waals surface area (Å²) in [5, 5.41) is 0. The molecular weight excluding hydrogens is 282 g/mol. The van der Waals surface area contributed by atoms with E-state index in [0.29, 0.717) is 30.8 Å². The summed E-state index contributed by atoms with van der Waals surface area (Å²) in [6.45, 7) is 5.69. The summed E-state index contributed by atoms with van der Waals surface area (Å²) >= 11 is 0. The molecule has 7 nitrogen and oxygen atoms in total. The second-order valence-corrected chi connectivity index (χ2v) is 5.49. The molecule has 0 aromatic carbocycles. The molecule has 0 amide bonds. The first-order valence-corrected chi connectivity index (χ1v) is 7.95. The van der Waals surface area contributed by atoms with Gasteiger partial charge in [-0.1, -0.05) is 6.92 Å². The number of nitrogens with zero attached hydrogens (tertiary/aromatic N) is 4. The molecule has 0 unspecified atom stereocenters. The second-order valence-electron chi connectivity index (χ2n) is 5.49. The predicted octanol–water partition coefficient (Wildman–Crippen LogP) is 0.608. The lowest BCUT2D eigenvalue weighted by Gasteiger charge is -2.09. The van der Waals surface area contributed by atoms with E-state index in [9.17, 15) is 9.59 Å². The van der Waals surface area contributed by atoms with Crippen LogP contribution in [-0.4, -0.2) is 25.2 Å². The molecular formula is C15H25N5O2. The minimum Gasteiger partial charge on any atom is -0.330 e. The van der Waals surface area contributed by atoms with Gasteiger partial charge in [-0.3, -0.25) is 13.9 Å². The standard InChI is InChI=1S/C15H25N5O2/c1-4-8-11-17-13-12(19(11)5-2)14(21)20(10-7-6-9-16)15(22)18(13)3/h4-10,16H2,1-3H3. The van der Waals surface area contributed by atoms with E-state index in [1.165, 1.54) is 9.13 Å². The zero-order valence-corrected chi connectivity index (χ0v) is 13.6. The van der Waals surface area contributed by atoms with Crippen molar-refractivity contribution < 1.29 is 0 Å². The van der Waals surface area contributed by atoms with E-state index in [1.54, 1.807) is 7.05 Å². The van der Waals surface area contributed by atoms with Gasteiger partial charge in [0.15, 0.2) is 11.2 Å². The highest BCUT2D eigenvalue weighted by Gasteiger charge is 2.18. The number of fused-ring (bicyclic) bond motifs is 1. The first-order valence-electron chi connectivity index (χ1n) is 7.95. The monoisotopic (exact) mass is 307 g/mol. The molecule has 2 aromatic rings. The molecule has 2 aromatic heterocycles. The highest BCUT2D eigenvalue weighted by atomic mass is 16.2. The van der Waals surface area contributed by atoms with E-state index in [-0.39, 0.29) is 11.2 Å². The maximum absolute atomic E-state index is 12.8. The first-order chi connectivity index (χ1) is 10.6. The lowest BCUT2D eigenvalue weighted by atomic mass is 10.3. The van der Waals surface area contributed by atoms with Crippen LogP contribution in [0, 0.1) is 0 Å². The third-order valence-electron chi connectivity index (χ3n) is 3.94. The number of nitrogens with two attached hydrogens (primary N) is 1. The molecule has 0 atom stereocenters. The summed E-state index contributed by atoms with van der Waals surface area (Å²) in [5.74, 6) is 0.867. The molecule has 0 aliphatic rings. The van der Waals surface area contributed by atoms with E-state index in [2.05, 4.69) is 11.9 Å². The molecule has 0 spiro atoms. The average Bonchev–Trinajstić information content (AvgIpc) is 2.87. The number of rotatable bonds is 7. The van der Waals surface area contributed by atoms with Crippen LogP contribution in [0.15, 0.2) is 9.59 Å². The van der Waals surface area contributed by atoms with Crippen LogP contribution in [0.5, 0.6) is 0 Å². The quantitative estimate of drug-likeness (QED) is 0.759. The van der Waals surface area contributed by atoms with Crippen LogP contribution < -0.4 is 17.0 Å². The minimum absolute atomic E-state index is 0.244. The Labute approximate surface area is 129 Å². The summed E-state index contributed by atoms with van der Waals surface area (Å²) in [5.41, 5.74) is 5.95. The fourth-order valence-electron chi connectivity index (χ4n) is 2.78. The van der Waals surface area contributed by atoms with Crippen molar-refractivity contribution in [1.29, 1.82) is 0 Å². The number of hydrogen-bond donors (Lipinski definition) is 1. The minimum atomic E-state index is -0.307. The summed E-state index contributed by atoms with van der Waals surface area (Å²) in [6.07, 6.45) is 3.26. The number of hydrogen-bond acceptors (Lipinski definition) is 4. The maximum Gasteiger partial charge on any atom is 0.332 e. The van der Waals surface area contributed by atoms with E-state index in [1.807, 2.05) is 11.5 Å². The molecule has 0 aliphatic carbocycles. The highest BCUT2D eigenvalue weighted by molar-refractivity contribution is 5.71. The van der Waals surface area contributed by atoms with Crippen LogP contribution >= 0.6 is 0 Å². The van der Waals surface area contributed by atoms with Gasteiger partial charge in [0.2, 0.25) is 0 Å². The van der Waals surface area contributed by atoms with Crippen molar-refractivity contribution in [2.75, 3.05) is 6.54 Å². The Hall–Kier alpha value is -1.89. The Morgan fingerprint density at radius 3 is 2.45 bits per heavy atom. The van der Waals surface area contributed by atoms with Gasteiger partial charge in [0.1, 0.15) is 5.82 Å². The molecule has 0 radical (unpaired) electrons. The van der Waals surface area contributed by atoms with Gasteiger partial charge in [-0.25, -0.2) is 9.78 Å². The topological polar surface area (TPSA) is 87.8 Å². The molecule has 0 fully saturated rings. The number of aromatic nitrogens is 4. The van der Waals surface area contributed by atoms with Gasteiger partial charge in [0.05, 0.1) is 0 Å². The SMILES string of the molecule is CCCc1nc2c(c(=O)n(CCCCN)c(=O)n2C)n1CC. The van der Waals surface area contributed by atoms with Crippen molar-refractivity contribution in [3.63, 3.8) is 0 Å². The zero-order valence-electron chi connectivity index (χ0n) is 13.6. The van der Waals surface area contributed by atoms with Crippen molar-refractivity contribution in [2.24, 2.45) is 12.8 Å². The van der Waals surface area contributed by atoms with Crippen LogP contribution in [0.4, 0.5) is 0 Å². The normalized spacial score (nSPS) is 11.5. The number of aryl methyl sites for hydroxylation is 3. The van der Waals surface area contributed by atoms with Gasteiger partial charge in [-0.15, -0.1) is 0 Å². The Balaban J connectivity index is 2.69. The smallest absolute Gasteiger partial charge is 0.330 e. The lowest BCUT2D eigenvalue weighted by molar-refractivity contribution is 0.555. The lowest BCUT2D eigenvalue weighted by Crippen LogP contribution is -2.39. The van der Waals surface area contributed by atoms with Crippen LogP contribution in [0.25, 0.3) is 11.2 Å². The van der Waals surface area contributed by atoms with Crippen LogP contribution in [0.1, 0.15) is 38.9 Å². The zero-order chi connectivity index (χ0) is 16.3. The van der Waals surface area contributed by atoms with Crippen molar-refractivity contribution in [2.45, 2.75) is 52.6 Å². The summed E-state index contributed by atoms with van der Waals surface area (Å²) in [4.78, 5) is 29.7. The third-order valence-corrected chi connectivity index (χ3v) is 3.94. The third kappa shape index (κ3) is 2.72. The first kappa shape index (κ1) is 16.5. The molecule has 22 heavy (non-hydrogen) atoms. The van der Waals surface area contributed by atoms with Gasteiger partial charge in [-0.05, 0) is 32.7 Å². The second kappa shape index (κ2) is 6.91. The highest BCUT2D eigenvalue weighted by Crippen LogP contribution is 2.12. The largest absolute Gasteiger partial charge is 0.332 e.